The van der Waals surface area contributed by atoms with Gasteiger partial charge < -0.3 is 10.1 Å². The highest BCUT2D eigenvalue weighted by Gasteiger charge is 2.11. The Morgan fingerprint density at radius 2 is 2.27 bits per heavy atom. The molecule has 0 fully saturated rings. The molecule has 5 heteroatoms. The lowest BCUT2D eigenvalue weighted by molar-refractivity contribution is -0.123. The number of unbranched alkanes of at least 4 members (excludes halogenated alkanes) is 1. The molecule has 0 unspecified atom stereocenters. The van der Waals surface area contributed by atoms with Gasteiger partial charge in [-0.05, 0) is 6.42 Å². The molecule has 0 aliphatic rings. The number of hydrogen-bond acceptors (Lipinski definition) is 3. The van der Waals surface area contributed by atoms with Crippen LogP contribution in [0.25, 0.3) is 0 Å². The van der Waals surface area contributed by atoms with Crippen LogP contribution in [0, 0.1) is 0 Å². The average molecular weight is 216 g/mol. The minimum Gasteiger partial charge on any atom is -0.500 e. The molecule has 1 N–H and O–H groups in total. The molecule has 0 aliphatic heterocycles. The van der Waals surface area contributed by atoms with E-state index in [1.165, 1.54) is 11.3 Å². The Morgan fingerprint density at radius 3 is 2.80 bits per heavy atom. The second-order valence-electron chi connectivity index (χ2n) is 2.88. The molecular weight excluding hydrogens is 196 g/mol. The Labute approximate surface area is 91.0 Å². The zero-order chi connectivity index (χ0) is 11.5. The lowest BCUT2D eigenvalue weighted by atomic mass is 10.4. The Hall–Kier alpha value is -1.23. The molecule has 2 amide bonds. The Balaban J connectivity index is 3.83. The molecule has 0 rings (SSSR count). The fraction of sp³-hybridized carbons (Fsp3) is 0.700. The molecule has 0 bridgehead atoms. The van der Waals surface area contributed by atoms with Gasteiger partial charge in [0.15, 0.2) is 0 Å². The Morgan fingerprint density at radius 1 is 1.53 bits per heavy atom. The lowest BCUT2D eigenvalue weighted by Crippen LogP contribution is -2.40. The van der Waals surface area contributed by atoms with Crippen molar-refractivity contribution in [3.05, 3.63) is 12.8 Å². The van der Waals surface area contributed by atoms with Crippen LogP contribution in [0.4, 0.5) is 4.79 Å². The fourth-order valence-corrected chi connectivity index (χ4v) is 0.887. The van der Waals surface area contributed by atoms with E-state index in [0.29, 0.717) is 19.8 Å². The minimum atomic E-state index is -0.265. The summed E-state index contributed by atoms with van der Waals surface area (Å²) in [6.07, 6.45) is 3.30. The maximum atomic E-state index is 11.3. The number of hydroxylamine groups is 2. The van der Waals surface area contributed by atoms with E-state index in [0.717, 1.165) is 12.8 Å². The van der Waals surface area contributed by atoms with Crippen LogP contribution >= 0.6 is 0 Å². The summed E-state index contributed by atoms with van der Waals surface area (Å²) in [5.41, 5.74) is 0. The average Bonchev–Trinajstić information content (AvgIpc) is 2.26. The molecular formula is C10H20N2O3. The third-order valence-electron chi connectivity index (χ3n) is 1.72. The van der Waals surface area contributed by atoms with E-state index in [2.05, 4.69) is 18.8 Å². The summed E-state index contributed by atoms with van der Waals surface area (Å²) < 4.78 is 4.93. The van der Waals surface area contributed by atoms with E-state index in [1.807, 2.05) is 0 Å². The summed E-state index contributed by atoms with van der Waals surface area (Å²) >= 11 is 0. The first-order valence-electron chi connectivity index (χ1n) is 5.10. The second-order valence-corrected chi connectivity index (χ2v) is 2.88. The summed E-state index contributed by atoms with van der Waals surface area (Å²) in [7, 11) is 1.56. The molecule has 15 heavy (non-hydrogen) atoms. The molecule has 0 aliphatic carbocycles. The van der Waals surface area contributed by atoms with Gasteiger partial charge in [0.25, 0.3) is 0 Å². The molecule has 88 valence electrons. The highest BCUT2D eigenvalue weighted by atomic mass is 16.7. The molecule has 0 aromatic rings. The van der Waals surface area contributed by atoms with E-state index < -0.39 is 0 Å². The quantitative estimate of drug-likeness (QED) is 0.380. The van der Waals surface area contributed by atoms with Gasteiger partial charge >= 0.3 is 6.03 Å². The van der Waals surface area contributed by atoms with E-state index in [4.69, 9.17) is 9.57 Å². The number of carbonyl (C=O) groups is 1. The van der Waals surface area contributed by atoms with Gasteiger partial charge in [-0.15, -0.1) is 0 Å². The summed E-state index contributed by atoms with van der Waals surface area (Å²) in [4.78, 5) is 16.6. The maximum absolute atomic E-state index is 11.3. The van der Waals surface area contributed by atoms with Crippen LogP contribution in [0.2, 0.25) is 0 Å². The van der Waals surface area contributed by atoms with Gasteiger partial charge in [0, 0.05) is 7.05 Å². The molecule has 0 radical (unpaired) electrons. The van der Waals surface area contributed by atoms with Crippen molar-refractivity contribution in [2.75, 3.05) is 26.8 Å². The molecule has 0 saturated heterocycles. The highest BCUT2D eigenvalue weighted by Crippen LogP contribution is 1.96. The van der Waals surface area contributed by atoms with Crippen LogP contribution in [0.3, 0.4) is 0 Å². The van der Waals surface area contributed by atoms with Crippen molar-refractivity contribution in [3.8, 4) is 0 Å². The highest BCUT2D eigenvalue weighted by molar-refractivity contribution is 5.72. The number of urea groups is 1. The predicted molar refractivity (Wildman–Crippen MR) is 58.2 cm³/mol. The van der Waals surface area contributed by atoms with Crippen molar-refractivity contribution in [2.24, 2.45) is 0 Å². The number of amides is 2. The van der Waals surface area contributed by atoms with Gasteiger partial charge in [0.2, 0.25) is 0 Å². The summed E-state index contributed by atoms with van der Waals surface area (Å²) in [5.74, 6) is 0. The van der Waals surface area contributed by atoms with Crippen molar-refractivity contribution in [3.63, 3.8) is 0 Å². The van der Waals surface area contributed by atoms with Crippen LogP contribution in [-0.4, -0.2) is 37.9 Å². The molecule has 0 aromatic carbocycles. The van der Waals surface area contributed by atoms with Crippen molar-refractivity contribution >= 4 is 6.03 Å². The lowest BCUT2D eigenvalue weighted by Gasteiger charge is -2.20. The van der Waals surface area contributed by atoms with Crippen LogP contribution in [0.15, 0.2) is 12.8 Å². The zero-order valence-corrected chi connectivity index (χ0v) is 9.49. The second kappa shape index (κ2) is 9.33. The first-order valence-corrected chi connectivity index (χ1v) is 5.10. The Kier molecular flexibility index (Phi) is 8.56. The SMILES string of the molecule is C=COCCN(OCCCC)C(=O)NC. The molecule has 0 saturated carbocycles. The van der Waals surface area contributed by atoms with E-state index >= 15 is 0 Å². The Bertz CT molecular complexity index is 186. The van der Waals surface area contributed by atoms with Crippen molar-refractivity contribution in [1.29, 1.82) is 0 Å². The van der Waals surface area contributed by atoms with Crippen LogP contribution in [-0.2, 0) is 9.57 Å². The standard InChI is InChI=1S/C10H20N2O3/c1-4-6-8-15-12(10(13)11-3)7-9-14-5-2/h5H,2,4,6-9H2,1,3H3,(H,11,13). The van der Waals surface area contributed by atoms with Crippen LogP contribution in [0.1, 0.15) is 19.8 Å². The van der Waals surface area contributed by atoms with Gasteiger partial charge in [0.1, 0.15) is 6.61 Å². The molecule has 5 nitrogen and oxygen atoms in total. The number of hydrogen-bond donors (Lipinski definition) is 1. The van der Waals surface area contributed by atoms with Gasteiger partial charge in [-0.3, -0.25) is 4.84 Å². The third kappa shape index (κ3) is 6.79. The van der Waals surface area contributed by atoms with Gasteiger partial charge in [-0.1, -0.05) is 19.9 Å². The number of rotatable bonds is 8. The summed E-state index contributed by atoms with van der Waals surface area (Å²) in [6.45, 7) is 6.78. The number of nitrogens with one attached hydrogen (secondary N) is 1. The van der Waals surface area contributed by atoms with Gasteiger partial charge in [0.05, 0.1) is 19.4 Å². The molecule has 0 atom stereocenters. The van der Waals surface area contributed by atoms with E-state index in [1.54, 1.807) is 7.05 Å². The molecule has 0 spiro atoms. The zero-order valence-electron chi connectivity index (χ0n) is 9.49. The van der Waals surface area contributed by atoms with Crippen LogP contribution in [0.5, 0.6) is 0 Å². The van der Waals surface area contributed by atoms with Crippen molar-refractivity contribution in [1.82, 2.24) is 10.4 Å². The molecule has 0 aromatic heterocycles. The first kappa shape index (κ1) is 13.8. The molecule has 0 heterocycles. The minimum absolute atomic E-state index is 0.265. The van der Waals surface area contributed by atoms with E-state index in [-0.39, 0.29) is 6.03 Å². The number of ether oxygens (including phenoxy) is 1. The largest absolute Gasteiger partial charge is 0.500 e. The fourth-order valence-electron chi connectivity index (χ4n) is 0.887. The topological polar surface area (TPSA) is 50.8 Å². The normalized spacial score (nSPS) is 9.47. The number of carbonyl (C=O) groups excluding carboxylic acids is 1. The van der Waals surface area contributed by atoms with E-state index in [9.17, 15) is 4.79 Å². The maximum Gasteiger partial charge on any atom is 0.341 e. The van der Waals surface area contributed by atoms with Crippen LogP contribution < -0.4 is 5.32 Å². The first-order chi connectivity index (χ1) is 7.26. The monoisotopic (exact) mass is 216 g/mol. The third-order valence-corrected chi connectivity index (χ3v) is 1.72. The summed E-state index contributed by atoms with van der Waals surface area (Å²) in [5, 5.41) is 3.76. The van der Waals surface area contributed by atoms with Crippen molar-refractivity contribution in [2.45, 2.75) is 19.8 Å². The van der Waals surface area contributed by atoms with Gasteiger partial charge in [-0.2, -0.15) is 5.06 Å². The predicted octanol–water partition coefficient (Wildman–Crippen LogP) is 1.52. The van der Waals surface area contributed by atoms with Gasteiger partial charge in [-0.25, -0.2) is 4.79 Å². The number of nitrogens with zero attached hydrogens (tertiary/aromatic N) is 1. The summed E-state index contributed by atoms with van der Waals surface area (Å²) in [6, 6.07) is -0.265. The van der Waals surface area contributed by atoms with Crippen molar-refractivity contribution < 1.29 is 14.4 Å². The smallest absolute Gasteiger partial charge is 0.341 e.